The predicted octanol–water partition coefficient (Wildman–Crippen LogP) is 1.80. The molecule has 0 spiro atoms. The number of anilines is 1. The topological polar surface area (TPSA) is 73.6 Å². The zero-order valence-corrected chi connectivity index (χ0v) is 11.9. The van der Waals surface area contributed by atoms with Gasteiger partial charge >= 0.3 is 0 Å². The van der Waals surface area contributed by atoms with Crippen molar-refractivity contribution in [3.05, 3.63) is 18.2 Å². The van der Waals surface area contributed by atoms with Crippen molar-refractivity contribution in [2.24, 2.45) is 11.1 Å². The van der Waals surface area contributed by atoms with Gasteiger partial charge in [-0.05, 0) is 26.0 Å². The van der Waals surface area contributed by atoms with Crippen molar-refractivity contribution in [1.82, 2.24) is 0 Å². The van der Waals surface area contributed by atoms with Crippen LogP contribution in [-0.4, -0.2) is 25.7 Å². The summed E-state index contributed by atoms with van der Waals surface area (Å²) in [7, 11) is 0. The molecule has 106 valence electrons. The highest BCUT2D eigenvalue weighted by molar-refractivity contribution is 5.95. The number of nitrogens with two attached hydrogens (primary N) is 1. The molecule has 1 aliphatic rings. The van der Waals surface area contributed by atoms with E-state index in [1.165, 1.54) is 0 Å². The minimum absolute atomic E-state index is 0. The smallest absolute Gasteiger partial charge is 0.231 e. The first-order chi connectivity index (χ1) is 8.53. The van der Waals surface area contributed by atoms with E-state index in [2.05, 4.69) is 5.32 Å². The molecule has 0 radical (unpaired) electrons. The SMILES string of the molecule is CC(C)(CN)C(=O)Nc1ccc2c(c1)OCCO2.Cl. The van der Waals surface area contributed by atoms with Gasteiger partial charge in [-0.2, -0.15) is 0 Å². The van der Waals surface area contributed by atoms with Gasteiger partial charge in [0, 0.05) is 18.3 Å². The number of rotatable bonds is 3. The van der Waals surface area contributed by atoms with Crippen LogP contribution in [0.3, 0.4) is 0 Å². The highest BCUT2D eigenvalue weighted by Gasteiger charge is 2.26. The molecule has 6 heteroatoms. The largest absolute Gasteiger partial charge is 0.486 e. The van der Waals surface area contributed by atoms with Crippen LogP contribution in [0.5, 0.6) is 11.5 Å². The summed E-state index contributed by atoms with van der Waals surface area (Å²) in [5, 5.41) is 2.83. The second-order valence-electron chi connectivity index (χ2n) is 4.90. The lowest BCUT2D eigenvalue weighted by Crippen LogP contribution is -2.37. The Labute approximate surface area is 118 Å². The molecule has 1 aromatic carbocycles. The predicted molar refractivity (Wildman–Crippen MR) is 76.1 cm³/mol. The second-order valence-corrected chi connectivity index (χ2v) is 4.90. The second kappa shape index (κ2) is 6.12. The monoisotopic (exact) mass is 286 g/mol. The van der Waals surface area contributed by atoms with Gasteiger partial charge in [0.25, 0.3) is 0 Å². The first-order valence-electron chi connectivity index (χ1n) is 5.94. The van der Waals surface area contributed by atoms with Crippen molar-refractivity contribution >= 4 is 24.0 Å². The quantitative estimate of drug-likeness (QED) is 0.889. The van der Waals surface area contributed by atoms with Gasteiger partial charge in [0.05, 0.1) is 5.41 Å². The molecule has 0 saturated heterocycles. The van der Waals surface area contributed by atoms with Crippen LogP contribution in [0.1, 0.15) is 13.8 Å². The van der Waals surface area contributed by atoms with Crippen LogP contribution < -0.4 is 20.5 Å². The number of amides is 1. The van der Waals surface area contributed by atoms with Gasteiger partial charge in [0.1, 0.15) is 13.2 Å². The molecule has 0 bridgehead atoms. The number of nitrogens with one attached hydrogen (secondary N) is 1. The van der Waals surface area contributed by atoms with Crippen LogP contribution in [0.2, 0.25) is 0 Å². The van der Waals surface area contributed by atoms with E-state index in [9.17, 15) is 4.79 Å². The van der Waals surface area contributed by atoms with E-state index >= 15 is 0 Å². The van der Waals surface area contributed by atoms with Crippen molar-refractivity contribution in [2.75, 3.05) is 25.1 Å². The van der Waals surface area contributed by atoms with E-state index < -0.39 is 5.41 Å². The van der Waals surface area contributed by atoms with Gasteiger partial charge in [0.15, 0.2) is 11.5 Å². The number of halogens is 1. The zero-order valence-electron chi connectivity index (χ0n) is 11.1. The number of carbonyl (C=O) groups excluding carboxylic acids is 1. The molecule has 0 unspecified atom stereocenters. The van der Waals surface area contributed by atoms with Gasteiger partial charge in [-0.3, -0.25) is 4.79 Å². The first kappa shape index (κ1) is 15.6. The number of benzene rings is 1. The van der Waals surface area contributed by atoms with Gasteiger partial charge in [0.2, 0.25) is 5.91 Å². The minimum atomic E-state index is -0.590. The summed E-state index contributed by atoms with van der Waals surface area (Å²) < 4.78 is 10.9. The van der Waals surface area contributed by atoms with Gasteiger partial charge in [-0.1, -0.05) is 0 Å². The van der Waals surface area contributed by atoms with Gasteiger partial charge < -0.3 is 20.5 Å². The minimum Gasteiger partial charge on any atom is -0.486 e. The van der Waals surface area contributed by atoms with Crippen molar-refractivity contribution in [2.45, 2.75) is 13.8 Å². The van der Waals surface area contributed by atoms with E-state index in [1.807, 2.05) is 0 Å². The lowest BCUT2D eigenvalue weighted by atomic mass is 9.92. The Balaban J connectivity index is 0.00000180. The molecule has 2 rings (SSSR count). The van der Waals surface area contributed by atoms with Crippen molar-refractivity contribution in [1.29, 1.82) is 0 Å². The Kier molecular flexibility index (Phi) is 5.03. The number of fused-ring (bicyclic) bond motifs is 1. The van der Waals surface area contributed by atoms with E-state index in [0.29, 0.717) is 36.9 Å². The third-order valence-corrected chi connectivity index (χ3v) is 2.93. The molecule has 0 saturated carbocycles. The lowest BCUT2D eigenvalue weighted by Gasteiger charge is -2.22. The summed E-state index contributed by atoms with van der Waals surface area (Å²) >= 11 is 0. The van der Waals surface area contributed by atoms with Crippen LogP contribution in [0, 0.1) is 5.41 Å². The third kappa shape index (κ3) is 3.52. The van der Waals surface area contributed by atoms with Crippen molar-refractivity contribution in [3.8, 4) is 11.5 Å². The maximum absolute atomic E-state index is 12.0. The Morgan fingerprint density at radius 3 is 2.58 bits per heavy atom. The van der Waals surface area contributed by atoms with Crippen LogP contribution in [0.4, 0.5) is 5.69 Å². The summed E-state index contributed by atoms with van der Waals surface area (Å²) in [5.74, 6) is 1.25. The Hall–Kier alpha value is -1.46. The number of carbonyl (C=O) groups is 1. The molecular weight excluding hydrogens is 268 g/mol. The molecular formula is C13H19ClN2O3. The molecule has 0 atom stereocenters. The fourth-order valence-electron chi connectivity index (χ4n) is 1.51. The summed E-state index contributed by atoms with van der Waals surface area (Å²) in [6, 6.07) is 5.34. The molecule has 1 heterocycles. The highest BCUT2D eigenvalue weighted by atomic mass is 35.5. The molecule has 5 nitrogen and oxygen atoms in total. The maximum Gasteiger partial charge on any atom is 0.231 e. The van der Waals surface area contributed by atoms with Crippen LogP contribution in [0.15, 0.2) is 18.2 Å². The summed E-state index contributed by atoms with van der Waals surface area (Å²) in [5.41, 5.74) is 5.66. The van der Waals surface area contributed by atoms with Crippen LogP contribution >= 0.6 is 12.4 Å². The van der Waals surface area contributed by atoms with Crippen molar-refractivity contribution in [3.63, 3.8) is 0 Å². The number of ether oxygens (including phenoxy) is 2. The number of hydrogen-bond donors (Lipinski definition) is 2. The Morgan fingerprint density at radius 1 is 1.32 bits per heavy atom. The maximum atomic E-state index is 12.0. The van der Waals surface area contributed by atoms with E-state index in [-0.39, 0.29) is 18.3 Å². The van der Waals surface area contributed by atoms with E-state index in [4.69, 9.17) is 15.2 Å². The van der Waals surface area contributed by atoms with Crippen molar-refractivity contribution < 1.29 is 14.3 Å². The molecule has 1 aromatic rings. The molecule has 0 aliphatic carbocycles. The molecule has 3 N–H and O–H groups in total. The normalized spacial score (nSPS) is 13.4. The fourth-order valence-corrected chi connectivity index (χ4v) is 1.51. The fraction of sp³-hybridized carbons (Fsp3) is 0.462. The molecule has 19 heavy (non-hydrogen) atoms. The average molecular weight is 287 g/mol. The summed E-state index contributed by atoms with van der Waals surface area (Å²) in [6.45, 7) is 4.99. The van der Waals surface area contributed by atoms with Crippen LogP contribution in [0.25, 0.3) is 0 Å². The van der Waals surface area contributed by atoms with Gasteiger partial charge in [-0.15, -0.1) is 12.4 Å². The highest BCUT2D eigenvalue weighted by Crippen LogP contribution is 2.33. The average Bonchev–Trinajstić information content (AvgIpc) is 2.38. The summed E-state index contributed by atoms with van der Waals surface area (Å²) in [4.78, 5) is 12.0. The molecule has 1 amide bonds. The number of hydrogen-bond acceptors (Lipinski definition) is 4. The van der Waals surface area contributed by atoms with Crippen LogP contribution in [-0.2, 0) is 4.79 Å². The first-order valence-corrected chi connectivity index (χ1v) is 5.94. The summed E-state index contributed by atoms with van der Waals surface area (Å²) in [6.07, 6.45) is 0. The zero-order chi connectivity index (χ0) is 13.2. The Bertz CT molecular complexity index is 463. The molecule has 0 aromatic heterocycles. The standard InChI is InChI=1S/C13H18N2O3.ClH/c1-13(2,8-14)12(16)15-9-3-4-10-11(7-9)18-6-5-17-10;/h3-4,7H,5-6,8,14H2,1-2H3,(H,15,16);1H. The Morgan fingerprint density at radius 2 is 1.95 bits per heavy atom. The van der Waals surface area contributed by atoms with E-state index in [1.54, 1.807) is 32.0 Å². The lowest BCUT2D eigenvalue weighted by molar-refractivity contribution is -0.123. The van der Waals surface area contributed by atoms with Gasteiger partial charge in [-0.25, -0.2) is 0 Å². The third-order valence-electron chi connectivity index (χ3n) is 2.93. The molecule has 0 fully saturated rings. The molecule has 1 aliphatic heterocycles. The van der Waals surface area contributed by atoms with E-state index in [0.717, 1.165) is 0 Å².